The van der Waals surface area contributed by atoms with Gasteiger partial charge in [0.25, 0.3) is 0 Å². The van der Waals surface area contributed by atoms with E-state index in [0.29, 0.717) is 12.1 Å². The van der Waals surface area contributed by atoms with Crippen LogP contribution in [-0.2, 0) is 6.42 Å². The van der Waals surface area contributed by atoms with Gasteiger partial charge in [-0.05, 0) is 43.6 Å². The average Bonchev–Trinajstić information content (AvgIpc) is 2.82. The summed E-state index contributed by atoms with van der Waals surface area (Å²) in [6.45, 7) is 2.28. The predicted octanol–water partition coefficient (Wildman–Crippen LogP) is 3.77. The molecule has 0 fully saturated rings. The van der Waals surface area contributed by atoms with Gasteiger partial charge in [-0.1, -0.05) is 25.1 Å². The fourth-order valence-electron chi connectivity index (χ4n) is 2.25. The molecule has 2 unspecified atom stereocenters. The van der Waals surface area contributed by atoms with Crippen LogP contribution in [0.3, 0.4) is 0 Å². The van der Waals surface area contributed by atoms with Gasteiger partial charge in [0.2, 0.25) is 0 Å². The van der Waals surface area contributed by atoms with Crippen molar-refractivity contribution in [2.45, 2.75) is 51.1 Å². The topological polar surface area (TPSA) is 12.0 Å². The molecule has 2 heteroatoms. The number of rotatable bonds is 5. The molecule has 1 heterocycles. The van der Waals surface area contributed by atoms with Crippen LogP contribution in [0, 0.1) is 0 Å². The average molecular weight is 235 g/mol. The lowest BCUT2D eigenvalue weighted by Crippen LogP contribution is -2.38. The molecule has 1 N–H and O–H groups in total. The highest BCUT2D eigenvalue weighted by molar-refractivity contribution is 7.09. The lowest BCUT2D eigenvalue weighted by Gasteiger charge is -2.24. The van der Waals surface area contributed by atoms with Crippen molar-refractivity contribution in [1.29, 1.82) is 0 Å². The fourth-order valence-corrected chi connectivity index (χ4v) is 3.03. The van der Waals surface area contributed by atoms with E-state index < -0.39 is 0 Å². The van der Waals surface area contributed by atoms with Crippen LogP contribution in [-0.4, -0.2) is 12.1 Å². The van der Waals surface area contributed by atoms with Crippen LogP contribution < -0.4 is 5.32 Å². The maximum atomic E-state index is 3.76. The Balaban J connectivity index is 1.85. The van der Waals surface area contributed by atoms with Crippen LogP contribution in [0.2, 0.25) is 0 Å². The lowest BCUT2D eigenvalue weighted by molar-refractivity contribution is 0.427. The summed E-state index contributed by atoms with van der Waals surface area (Å²) in [6, 6.07) is 5.63. The Bertz CT molecular complexity index is 315. The summed E-state index contributed by atoms with van der Waals surface area (Å²) >= 11 is 1.87. The van der Waals surface area contributed by atoms with Crippen molar-refractivity contribution in [3.05, 3.63) is 34.5 Å². The van der Waals surface area contributed by atoms with Crippen molar-refractivity contribution in [3.8, 4) is 0 Å². The maximum Gasteiger partial charge on any atom is 0.0252 e. The monoisotopic (exact) mass is 235 g/mol. The van der Waals surface area contributed by atoms with E-state index in [-0.39, 0.29) is 0 Å². The van der Waals surface area contributed by atoms with Gasteiger partial charge in [-0.15, -0.1) is 11.3 Å². The number of nitrogens with one attached hydrogen (secondary N) is 1. The highest BCUT2D eigenvalue weighted by Crippen LogP contribution is 2.15. The van der Waals surface area contributed by atoms with E-state index in [4.69, 9.17) is 0 Å². The van der Waals surface area contributed by atoms with E-state index in [9.17, 15) is 0 Å². The van der Waals surface area contributed by atoms with Gasteiger partial charge in [0.15, 0.2) is 0 Å². The van der Waals surface area contributed by atoms with Crippen molar-refractivity contribution >= 4 is 11.3 Å². The molecule has 1 aliphatic carbocycles. The first-order chi connectivity index (χ1) is 7.88. The van der Waals surface area contributed by atoms with Crippen LogP contribution in [0.15, 0.2) is 29.7 Å². The molecule has 1 nitrogen and oxygen atoms in total. The van der Waals surface area contributed by atoms with E-state index in [2.05, 4.69) is 41.9 Å². The minimum Gasteiger partial charge on any atom is -0.307 e. The van der Waals surface area contributed by atoms with Crippen molar-refractivity contribution in [3.63, 3.8) is 0 Å². The summed E-state index contributed by atoms with van der Waals surface area (Å²) in [6.07, 6.45) is 11.0. The standard InChI is InChI=1S/C14H21NS/c1-2-12(11-14-9-6-10-16-14)15-13-7-4-3-5-8-13/h4,6-7,9-10,12-13,15H,2-3,5,8,11H2,1H3. The van der Waals surface area contributed by atoms with Crippen molar-refractivity contribution < 1.29 is 0 Å². The summed E-state index contributed by atoms with van der Waals surface area (Å²) in [5, 5.41) is 5.93. The number of hydrogen-bond donors (Lipinski definition) is 1. The quantitative estimate of drug-likeness (QED) is 0.766. The van der Waals surface area contributed by atoms with Crippen molar-refractivity contribution in [1.82, 2.24) is 5.32 Å². The third-order valence-corrected chi connectivity index (χ3v) is 4.12. The minimum absolute atomic E-state index is 0.610. The van der Waals surface area contributed by atoms with E-state index in [1.54, 1.807) is 0 Å². The number of hydrogen-bond acceptors (Lipinski definition) is 2. The summed E-state index contributed by atoms with van der Waals surface area (Å²) < 4.78 is 0. The molecule has 1 aliphatic rings. The highest BCUT2D eigenvalue weighted by Gasteiger charge is 2.14. The van der Waals surface area contributed by atoms with Crippen LogP contribution in [0.5, 0.6) is 0 Å². The maximum absolute atomic E-state index is 3.76. The molecule has 0 radical (unpaired) electrons. The molecule has 0 bridgehead atoms. The second-order valence-corrected chi connectivity index (χ2v) is 5.55. The Morgan fingerprint density at radius 3 is 3.12 bits per heavy atom. The molecule has 2 rings (SSSR count). The van der Waals surface area contributed by atoms with E-state index in [0.717, 1.165) is 0 Å². The zero-order valence-corrected chi connectivity index (χ0v) is 10.8. The van der Waals surface area contributed by atoms with Gasteiger partial charge >= 0.3 is 0 Å². The molecule has 0 saturated heterocycles. The highest BCUT2D eigenvalue weighted by atomic mass is 32.1. The molecular formula is C14H21NS. The fraction of sp³-hybridized carbons (Fsp3) is 0.571. The zero-order valence-electron chi connectivity index (χ0n) is 9.99. The summed E-state index contributed by atoms with van der Waals surface area (Å²) in [5.74, 6) is 0. The first kappa shape index (κ1) is 11.9. The first-order valence-electron chi connectivity index (χ1n) is 6.33. The Morgan fingerprint density at radius 2 is 2.50 bits per heavy atom. The van der Waals surface area contributed by atoms with Crippen LogP contribution >= 0.6 is 11.3 Å². The minimum atomic E-state index is 0.610. The summed E-state index contributed by atoms with van der Waals surface area (Å²) in [5.41, 5.74) is 0. The van der Waals surface area contributed by atoms with Crippen LogP contribution in [0.1, 0.15) is 37.5 Å². The predicted molar refractivity (Wildman–Crippen MR) is 72.0 cm³/mol. The molecule has 16 heavy (non-hydrogen) atoms. The first-order valence-corrected chi connectivity index (χ1v) is 7.21. The Hall–Kier alpha value is -0.600. The number of thiophene rings is 1. The van der Waals surface area contributed by atoms with E-state index in [1.807, 2.05) is 11.3 Å². The van der Waals surface area contributed by atoms with Gasteiger partial charge in [-0.3, -0.25) is 0 Å². The normalized spacial score (nSPS) is 22.2. The van der Waals surface area contributed by atoms with Crippen molar-refractivity contribution in [2.75, 3.05) is 0 Å². The van der Waals surface area contributed by atoms with Gasteiger partial charge in [-0.2, -0.15) is 0 Å². The molecule has 0 aliphatic heterocycles. The third kappa shape index (κ3) is 3.46. The van der Waals surface area contributed by atoms with Crippen LogP contribution in [0.4, 0.5) is 0 Å². The summed E-state index contributed by atoms with van der Waals surface area (Å²) in [4.78, 5) is 1.50. The van der Waals surface area contributed by atoms with Gasteiger partial charge in [0.1, 0.15) is 0 Å². The van der Waals surface area contributed by atoms with Gasteiger partial charge < -0.3 is 5.32 Å². The summed E-state index contributed by atoms with van der Waals surface area (Å²) in [7, 11) is 0. The third-order valence-electron chi connectivity index (χ3n) is 3.22. The van der Waals surface area contributed by atoms with Gasteiger partial charge in [-0.25, -0.2) is 0 Å². The molecular weight excluding hydrogens is 214 g/mol. The molecule has 88 valence electrons. The number of allylic oxidation sites excluding steroid dienone is 1. The zero-order chi connectivity index (χ0) is 11.2. The second kappa shape index (κ2) is 6.21. The molecule has 0 amide bonds. The van der Waals surface area contributed by atoms with Crippen molar-refractivity contribution in [2.24, 2.45) is 0 Å². The Morgan fingerprint density at radius 1 is 1.56 bits per heavy atom. The SMILES string of the molecule is CCC(Cc1cccs1)NC1C=CCCC1. The molecule has 0 saturated carbocycles. The van der Waals surface area contributed by atoms with E-state index >= 15 is 0 Å². The van der Waals surface area contributed by atoms with Gasteiger partial charge in [0, 0.05) is 17.0 Å². The Labute approximate surface area is 103 Å². The van der Waals surface area contributed by atoms with E-state index in [1.165, 1.54) is 37.0 Å². The largest absolute Gasteiger partial charge is 0.307 e. The molecule has 0 aromatic carbocycles. The molecule has 1 aromatic rings. The molecule has 1 aromatic heterocycles. The van der Waals surface area contributed by atoms with Gasteiger partial charge in [0.05, 0.1) is 0 Å². The molecule has 0 spiro atoms. The Kier molecular flexibility index (Phi) is 4.61. The lowest BCUT2D eigenvalue weighted by atomic mass is 10.0. The second-order valence-electron chi connectivity index (χ2n) is 4.52. The molecule has 2 atom stereocenters. The van der Waals surface area contributed by atoms with Crippen LogP contribution in [0.25, 0.3) is 0 Å². The smallest absolute Gasteiger partial charge is 0.0252 e.